The lowest BCUT2D eigenvalue weighted by Gasteiger charge is -2.16. The monoisotopic (exact) mass is 429 g/mol. The van der Waals surface area contributed by atoms with Crippen LogP contribution >= 0.6 is 0 Å². The van der Waals surface area contributed by atoms with E-state index in [1.807, 2.05) is 0 Å². The second-order valence-corrected chi connectivity index (χ2v) is 8.28. The average molecular weight is 429 g/mol. The topological polar surface area (TPSA) is 151 Å². The van der Waals surface area contributed by atoms with Crippen LogP contribution in [0.3, 0.4) is 0 Å². The first-order valence-electron chi connectivity index (χ1n) is 8.81. The summed E-state index contributed by atoms with van der Waals surface area (Å²) >= 11 is 0. The van der Waals surface area contributed by atoms with E-state index in [1.54, 1.807) is 24.3 Å². The Bertz CT molecular complexity index is 1210. The van der Waals surface area contributed by atoms with Gasteiger partial charge in [-0.25, -0.2) is 0 Å². The summed E-state index contributed by atoms with van der Waals surface area (Å²) in [4.78, 5) is 36.6. The first-order chi connectivity index (χ1) is 14.3. The highest BCUT2D eigenvalue weighted by molar-refractivity contribution is 7.90. The molecule has 30 heavy (non-hydrogen) atoms. The van der Waals surface area contributed by atoms with Gasteiger partial charge in [0, 0.05) is 30.7 Å². The van der Waals surface area contributed by atoms with Gasteiger partial charge in [-0.05, 0) is 18.2 Å². The molecule has 1 atom stereocenters. The van der Waals surface area contributed by atoms with E-state index < -0.39 is 26.8 Å². The van der Waals surface area contributed by atoms with Gasteiger partial charge in [0.05, 0.1) is 16.5 Å². The zero-order valence-electron chi connectivity index (χ0n) is 15.3. The van der Waals surface area contributed by atoms with Crippen LogP contribution in [-0.2, 0) is 19.6 Å². The van der Waals surface area contributed by atoms with Crippen molar-refractivity contribution in [3.05, 3.63) is 64.2 Å². The normalized spacial score (nSPS) is 19.2. The van der Waals surface area contributed by atoms with Crippen molar-refractivity contribution in [3.63, 3.8) is 0 Å². The first-order valence-corrected chi connectivity index (χ1v) is 10.3. The summed E-state index contributed by atoms with van der Waals surface area (Å²) in [7, 11) is -3.83. The van der Waals surface area contributed by atoms with Crippen LogP contribution < -0.4 is 15.8 Å². The van der Waals surface area contributed by atoms with Gasteiger partial charge in [0.15, 0.2) is 5.84 Å². The minimum atomic E-state index is -3.83. The molecule has 0 spiro atoms. The zero-order valence-corrected chi connectivity index (χ0v) is 16.1. The van der Waals surface area contributed by atoms with Gasteiger partial charge in [-0.15, -0.1) is 4.40 Å². The second kappa shape index (κ2) is 7.22. The number of benzene rings is 2. The molecule has 0 aliphatic carbocycles. The first kappa shape index (κ1) is 19.5. The smallest absolute Gasteiger partial charge is 0.285 e. The molecular weight excluding hydrogens is 414 g/mol. The molecule has 2 N–H and O–H groups in total. The molecule has 0 bridgehead atoms. The predicted octanol–water partition coefficient (Wildman–Crippen LogP) is 0.718. The Morgan fingerprint density at radius 3 is 2.73 bits per heavy atom. The van der Waals surface area contributed by atoms with Crippen LogP contribution in [0.5, 0.6) is 0 Å². The Kier molecular flexibility index (Phi) is 4.70. The molecule has 154 valence electrons. The number of amides is 2. The van der Waals surface area contributed by atoms with Gasteiger partial charge in [0.2, 0.25) is 11.8 Å². The van der Waals surface area contributed by atoms with Gasteiger partial charge in [-0.2, -0.15) is 8.42 Å². The van der Waals surface area contributed by atoms with Crippen LogP contribution in [0.4, 0.5) is 11.4 Å². The summed E-state index contributed by atoms with van der Waals surface area (Å²) in [6, 6.07) is 11.8. The van der Waals surface area contributed by atoms with Crippen LogP contribution in [0, 0.1) is 16.0 Å². The summed E-state index contributed by atoms with van der Waals surface area (Å²) in [5, 5.41) is 10.9. The maximum Gasteiger partial charge on any atom is 0.285 e. The number of carbonyl (C=O) groups excluding carboxylic acids is 2. The number of anilines is 1. The molecule has 0 radical (unpaired) electrons. The lowest BCUT2D eigenvalue weighted by atomic mass is 10.1. The maximum atomic E-state index is 12.5. The van der Waals surface area contributed by atoms with Crippen molar-refractivity contribution >= 4 is 39.0 Å². The number of nitro benzene ring substituents is 1. The quantitative estimate of drug-likeness (QED) is 0.539. The SMILES string of the molecule is O=C(NNC1=NS(=O)(=O)c2ccccc21)C1CC(=O)N(c2cccc([N+](=O)[O-])c2)C1. The van der Waals surface area contributed by atoms with Crippen LogP contribution in [0.15, 0.2) is 57.8 Å². The standard InChI is InChI=1S/C18H15N5O6S/c24-16-8-11(10-22(16)12-4-3-5-13(9-12)23(26)27)18(25)20-19-17-14-6-1-2-7-15(14)30(28,29)21-17/h1-7,9,11H,8,10H2,(H,19,21)(H,20,25). The molecule has 12 heteroatoms. The van der Waals surface area contributed by atoms with E-state index in [1.165, 1.54) is 29.2 Å². The number of nitrogens with zero attached hydrogens (tertiary/aromatic N) is 3. The maximum absolute atomic E-state index is 12.5. The number of sulfonamides is 1. The Balaban J connectivity index is 1.44. The number of nitrogens with one attached hydrogen (secondary N) is 2. The Morgan fingerprint density at radius 2 is 1.97 bits per heavy atom. The van der Waals surface area contributed by atoms with Gasteiger partial charge in [0.1, 0.15) is 4.90 Å². The Labute approximate surface area is 170 Å². The summed E-state index contributed by atoms with van der Waals surface area (Å²) < 4.78 is 27.7. The summed E-state index contributed by atoms with van der Waals surface area (Å²) in [5.41, 5.74) is 5.42. The van der Waals surface area contributed by atoms with E-state index in [9.17, 15) is 28.1 Å². The summed E-state index contributed by atoms with van der Waals surface area (Å²) in [6.45, 7) is 0.0366. The number of hydrazine groups is 1. The van der Waals surface area contributed by atoms with E-state index in [0.717, 1.165) is 0 Å². The number of rotatable bonds is 3. The Morgan fingerprint density at radius 1 is 1.20 bits per heavy atom. The molecule has 0 saturated carbocycles. The summed E-state index contributed by atoms with van der Waals surface area (Å²) in [5.74, 6) is -1.61. The third kappa shape index (κ3) is 3.48. The van der Waals surface area contributed by atoms with Crippen molar-refractivity contribution in [1.29, 1.82) is 0 Å². The fourth-order valence-electron chi connectivity index (χ4n) is 3.33. The van der Waals surface area contributed by atoms with Gasteiger partial charge < -0.3 is 4.90 Å². The lowest BCUT2D eigenvalue weighted by molar-refractivity contribution is -0.384. The largest absolute Gasteiger partial charge is 0.311 e. The van der Waals surface area contributed by atoms with E-state index in [2.05, 4.69) is 15.2 Å². The molecule has 4 rings (SSSR count). The highest BCUT2D eigenvalue weighted by Gasteiger charge is 2.36. The molecule has 2 aliphatic rings. The molecule has 2 heterocycles. The highest BCUT2D eigenvalue weighted by Crippen LogP contribution is 2.28. The number of non-ortho nitro benzene ring substituents is 1. The van der Waals surface area contributed by atoms with Crippen molar-refractivity contribution in [3.8, 4) is 0 Å². The van der Waals surface area contributed by atoms with Gasteiger partial charge in [0.25, 0.3) is 15.7 Å². The molecule has 2 amide bonds. The number of amidine groups is 1. The molecular formula is C18H15N5O6S. The molecule has 1 saturated heterocycles. The average Bonchev–Trinajstić information content (AvgIpc) is 3.24. The van der Waals surface area contributed by atoms with Crippen LogP contribution in [0.2, 0.25) is 0 Å². The number of nitro groups is 1. The third-order valence-corrected chi connectivity index (χ3v) is 6.12. The number of hydrogen-bond donors (Lipinski definition) is 2. The zero-order chi connectivity index (χ0) is 21.5. The minimum absolute atomic E-state index is 0.0150. The highest BCUT2D eigenvalue weighted by atomic mass is 32.2. The van der Waals surface area contributed by atoms with E-state index in [-0.39, 0.29) is 35.3 Å². The minimum Gasteiger partial charge on any atom is -0.311 e. The fraction of sp³-hybridized carbons (Fsp3) is 0.167. The molecule has 1 unspecified atom stereocenters. The van der Waals surface area contributed by atoms with Crippen molar-refractivity contribution in [2.75, 3.05) is 11.4 Å². The van der Waals surface area contributed by atoms with Crippen molar-refractivity contribution in [2.24, 2.45) is 10.3 Å². The van der Waals surface area contributed by atoms with E-state index in [4.69, 9.17) is 0 Å². The van der Waals surface area contributed by atoms with Crippen LogP contribution in [0.1, 0.15) is 12.0 Å². The number of hydrogen-bond acceptors (Lipinski definition) is 7. The molecule has 2 aromatic carbocycles. The molecule has 1 fully saturated rings. The number of fused-ring (bicyclic) bond motifs is 1. The lowest BCUT2D eigenvalue weighted by Crippen LogP contribution is -2.45. The second-order valence-electron chi connectivity index (χ2n) is 6.71. The molecule has 11 nitrogen and oxygen atoms in total. The molecule has 2 aliphatic heterocycles. The van der Waals surface area contributed by atoms with Gasteiger partial charge in [-0.3, -0.25) is 30.6 Å². The molecule has 0 aromatic heterocycles. The Hall–Kier alpha value is -3.80. The third-order valence-electron chi connectivity index (χ3n) is 4.78. The van der Waals surface area contributed by atoms with Gasteiger partial charge in [-0.1, -0.05) is 18.2 Å². The predicted molar refractivity (Wildman–Crippen MR) is 105 cm³/mol. The summed E-state index contributed by atoms with van der Waals surface area (Å²) in [6.07, 6.45) is -0.0857. The molecule has 2 aromatic rings. The van der Waals surface area contributed by atoms with E-state index >= 15 is 0 Å². The van der Waals surface area contributed by atoms with E-state index in [0.29, 0.717) is 11.3 Å². The van der Waals surface area contributed by atoms with Crippen molar-refractivity contribution in [1.82, 2.24) is 10.9 Å². The van der Waals surface area contributed by atoms with Crippen LogP contribution in [-0.4, -0.2) is 37.5 Å². The van der Waals surface area contributed by atoms with Crippen molar-refractivity contribution < 1.29 is 22.9 Å². The van der Waals surface area contributed by atoms with Crippen molar-refractivity contribution in [2.45, 2.75) is 11.3 Å². The fourth-order valence-corrected chi connectivity index (χ4v) is 4.50. The number of carbonyl (C=O) groups is 2. The van der Waals surface area contributed by atoms with Crippen LogP contribution in [0.25, 0.3) is 0 Å². The van der Waals surface area contributed by atoms with Gasteiger partial charge >= 0.3 is 0 Å².